The highest BCUT2D eigenvalue weighted by Crippen LogP contribution is 2.30. The standard InChI is InChI=1S/C23H28ClN5O3/c24-18-5-4-6-20(29-11-2-1-3-12-29)17(18)14-27-23(26)28-21(30)16-9-7-15(8-10-16)13-19(25)22(31)32/h4-10,19H,1-3,11-14,25H2,(H,31,32)(H3,26,27,28,30)/t19-/m0/s1. The Morgan fingerprint density at radius 3 is 2.47 bits per heavy atom. The first-order chi connectivity index (χ1) is 15.3. The van der Waals surface area contributed by atoms with Gasteiger partial charge in [-0.1, -0.05) is 29.8 Å². The van der Waals surface area contributed by atoms with Gasteiger partial charge in [-0.3, -0.25) is 14.9 Å². The quantitative estimate of drug-likeness (QED) is 0.373. The number of carboxylic acids is 1. The Kier molecular flexibility index (Phi) is 8.08. The van der Waals surface area contributed by atoms with Gasteiger partial charge in [0.1, 0.15) is 6.04 Å². The van der Waals surface area contributed by atoms with Crippen LogP contribution in [0, 0.1) is 0 Å². The van der Waals surface area contributed by atoms with Crippen molar-refractivity contribution in [2.75, 3.05) is 18.0 Å². The number of amides is 1. The third-order valence-corrected chi connectivity index (χ3v) is 5.78. The lowest BCUT2D eigenvalue weighted by molar-refractivity contribution is -0.138. The summed E-state index contributed by atoms with van der Waals surface area (Å²) in [6.07, 6.45) is 3.71. The maximum absolute atomic E-state index is 12.5. The summed E-state index contributed by atoms with van der Waals surface area (Å²) >= 11 is 6.43. The number of aliphatic carboxylic acids is 1. The van der Waals surface area contributed by atoms with Crippen LogP contribution in [-0.2, 0) is 17.8 Å². The molecule has 1 aliphatic rings. The smallest absolute Gasteiger partial charge is 0.320 e. The maximum atomic E-state index is 12.5. The van der Waals surface area contributed by atoms with Crippen molar-refractivity contribution in [1.29, 1.82) is 0 Å². The lowest BCUT2D eigenvalue weighted by Crippen LogP contribution is -2.37. The van der Waals surface area contributed by atoms with Crippen molar-refractivity contribution in [3.8, 4) is 0 Å². The van der Waals surface area contributed by atoms with Crippen molar-refractivity contribution >= 4 is 35.1 Å². The summed E-state index contributed by atoms with van der Waals surface area (Å²) in [6, 6.07) is 11.3. The number of carboxylic acid groups (broad SMARTS) is 1. The molecular formula is C23H28ClN5O3. The number of hydrogen-bond acceptors (Lipinski definition) is 5. The van der Waals surface area contributed by atoms with Crippen LogP contribution in [0.25, 0.3) is 0 Å². The molecule has 2 aromatic carbocycles. The van der Waals surface area contributed by atoms with Crippen LogP contribution in [0.2, 0.25) is 5.02 Å². The number of aliphatic imine (C=N–C) groups is 1. The zero-order chi connectivity index (χ0) is 23.1. The van der Waals surface area contributed by atoms with E-state index in [1.54, 1.807) is 24.3 Å². The third kappa shape index (κ3) is 6.21. The number of nitrogens with one attached hydrogen (secondary N) is 1. The Morgan fingerprint density at radius 2 is 1.81 bits per heavy atom. The van der Waals surface area contributed by atoms with E-state index in [1.807, 2.05) is 18.2 Å². The van der Waals surface area contributed by atoms with Gasteiger partial charge in [0.2, 0.25) is 0 Å². The molecule has 1 amide bonds. The van der Waals surface area contributed by atoms with E-state index in [2.05, 4.69) is 15.2 Å². The van der Waals surface area contributed by atoms with Gasteiger partial charge in [0.05, 0.1) is 6.54 Å². The fraction of sp³-hybridized carbons (Fsp3) is 0.348. The number of hydrogen-bond donors (Lipinski definition) is 4. The third-order valence-electron chi connectivity index (χ3n) is 5.43. The first-order valence-corrected chi connectivity index (χ1v) is 10.9. The first-order valence-electron chi connectivity index (χ1n) is 10.6. The fourth-order valence-electron chi connectivity index (χ4n) is 3.66. The van der Waals surface area contributed by atoms with Gasteiger partial charge in [-0.2, -0.15) is 0 Å². The van der Waals surface area contributed by atoms with Gasteiger partial charge < -0.3 is 21.5 Å². The van der Waals surface area contributed by atoms with Gasteiger partial charge in [-0.25, -0.2) is 4.99 Å². The molecule has 1 fully saturated rings. The molecule has 170 valence electrons. The van der Waals surface area contributed by atoms with Gasteiger partial charge in [-0.15, -0.1) is 0 Å². The van der Waals surface area contributed by atoms with Crippen LogP contribution in [0.1, 0.15) is 40.7 Å². The van der Waals surface area contributed by atoms with E-state index >= 15 is 0 Å². The molecule has 1 atom stereocenters. The SMILES string of the molecule is NC(=NCc1c(Cl)cccc1N1CCCCC1)NC(=O)c1ccc(C[C@H](N)C(=O)O)cc1. The minimum atomic E-state index is -1.07. The Labute approximate surface area is 192 Å². The zero-order valence-corrected chi connectivity index (χ0v) is 18.5. The van der Waals surface area contributed by atoms with E-state index in [9.17, 15) is 9.59 Å². The predicted molar refractivity (Wildman–Crippen MR) is 126 cm³/mol. The normalized spacial score (nSPS) is 15.3. The summed E-state index contributed by atoms with van der Waals surface area (Å²) in [5.74, 6) is -1.48. The molecule has 0 unspecified atom stereocenters. The molecule has 9 heteroatoms. The lowest BCUT2D eigenvalue weighted by Gasteiger charge is -2.30. The number of nitrogens with zero attached hydrogens (tertiary/aromatic N) is 2. The average Bonchev–Trinajstić information content (AvgIpc) is 2.79. The monoisotopic (exact) mass is 457 g/mol. The molecule has 0 saturated carbocycles. The number of guanidine groups is 1. The van der Waals surface area contributed by atoms with Crippen LogP contribution in [0.3, 0.4) is 0 Å². The van der Waals surface area contributed by atoms with Crippen LogP contribution in [-0.4, -0.2) is 42.1 Å². The van der Waals surface area contributed by atoms with Gasteiger partial charge in [0.25, 0.3) is 5.91 Å². The molecule has 6 N–H and O–H groups in total. The van der Waals surface area contributed by atoms with E-state index in [4.69, 9.17) is 28.2 Å². The fourth-order valence-corrected chi connectivity index (χ4v) is 3.89. The number of benzene rings is 2. The molecule has 8 nitrogen and oxygen atoms in total. The summed E-state index contributed by atoms with van der Waals surface area (Å²) in [5, 5.41) is 12.1. The molecular weight excluding hydrogens is 430 g/mol. The highest BCUT2D eigenvalue weighted by molar-refractivity contribution is 6.31. The van der Waals surface area contributed by atoms with Crippen molar-refractivity contribution in [1.82, 2.24) is 5.32 Å². The highest BCUT2D eigenvalue weighted by Gasteiger charge is 2.17. The van der Waals surface area contributed by atoms with E-state index < -0.39 is 17.9 Å². The van der Waals surface area contributed by atoms with Crippen molar-refractivity contribution < 1.29 is 14.7 Å². The molecule has 0 aromatic heterocycles. The summed E-state index contributed by atoms with van der Waals surface area (Å²) in [7, 11) is 0. The van der Waals surface area contributed by atoms with Crippen molar-refractivity contribution in [2.45, 2.75) is 38.3 Å². The molecule has 1 aliphatic heterocycles. The second kappa shape index (κ2) is 11.0. The van der Waals surface area contributed by atoms with Gasteiger partial charge in [0, 0.05) is 34.9 Å². The second-order valence-electron chi connectivity index (χ2n) is 7.79. The van der Waals surface area contributed by atoms with Gasteiger partial charge >= 0.3 is 5.97 Å². The summed E-state index contributed by atoms with van der Waals surface area (Å²) in [6.45, 7) is 2.22. The number of carbonyl (C=O) groups is 2. The Morgan fingerprint density at radius 1 is 1.12 bits per heavy atom. The van der Waals surface area contributed by atoms with Crippen molar-refractivity contribution in [3.05, 3.63) is 64.2 Å². The van der Waals surface area contributed by atoms with Crippen LogP contribution >= 0.6 is 11.6 Å². The number of carbonyl (C=O) groups excluding carboxylic acids is 1. The topological polar surface area (TPSA) is 134 Å². The lowest BCUT2D eigenvalue weighted by atomic mass is 10.0. The molecule has 1 saturated heterocycles. The Balaban J connectivity index is 1.64. The van der Waals surface area contributed by atoms with E-state index in [1.165, 1.54) is 6.42 Å². The Bertz CT molecular complexity index is 988. The highest BCUT2D eigenvalue weighted by atomic mass is 35.5. The molecule has 0 radical (unpaired) electrons. The van der Waals surface area contributed by atoms with Gasteiger partial charge in [-0.05, 0) is 55.5 Å². The Hall–Kier alpha value is -3.10. The summed E-state index contributed by atoms with van der Waals surface area (Å²) < 4.78 is 0. The van der Waals surface area contributed by atoms with Crippen LogP contribution in [0.4, 0.5) is 5.69 Å². The van der Waals surface area contributed by atoms with E-state index in [-0.39, 0.29) is 18.9 Å². The largest absolute Gasteiger partial charge is 0.480 e. The predicted octanol–water partition coefficient (Wildman–Crippen LogP) is 2.53. The average molecular weight is 458 g/mol. The van der Waals surface area contributed by atoms with E-state index in [0.29, 0.717) is 10.6 Å². The number of nitrogens with two attached hydrogens (primary N) is 2. The summed E-state index contributed by atoms with van der Waals surface area (Å²) in [5.41, 5.74) is 14.5. The van der Waals surface area contributed by atoms with Crippen LogP contribution < -0.4 is 21.7 Å². The molecule has 3 rings (SSSR count). The molecule has 32 heavy (non-hydrogen) atoms. The van der Waals surface area contributed by atoms with Crippen molar-refractivity contribution in [3.63, 3.8) is 0 Å². The molecule has 1 heterocycles. The number of halogens is 1. The van der Waals surface area contributed by atoms with Crippen LogP contribution in [0.5, 0.6) is 0 Å². The van der Waals surface area contributed by atoms with Crippen molar-refractivity contribution in [2.24, 2.45) is 16.5 Å². The second-order valence-corrected chi connectivity index (χ2v) is 8.19. The minimum Gasteiger partial charge on any atom is -0.480 e. The van der Waals surface area contributed by atoms with E-state index in [0.717, 1.165) is 42.7 Å². The maximum Gasteiger partial charge on any atom is 0.320 e. The minimum absolute atomic E-state index is 0.00325. The number of rotatable bonds is 7. The molecule has 0 spiro atoms. The number of piperidine rings is 1. The molecule has 0 bridgehead atoms. The van der Waals surface area contributed by atoms with Gasteiger partial charge in [0.15, 0.2) is 5.96 Å². The zero-order valence-electron chi connectivity index (χ0n) is 17.8. The first kappa shape index (κ1) is 23.6. The van der Waals surface area contributed by atoms with Crippen LogP contribution in [0.15, 0.2) is 47.5 Å². The number of anilines is 1. The summed E-state index contributed by atoms with van der Waals surface area (Å²) in [4.78, 5) is 30.0. The molecule has 2 aromatic rings. The molecule has 0 aliphatic carbocycles.